The normalized spacial score (nSPS) is 24.5. The first-order valence-electron chi connectivity index (χ1n) is 4.71. The molecule has 0 radical (unpaired) electrons. The van der Waals surface area contributed by atoms with Crippen molar-refractivity contribution < 1.29 is 0 Å². The van der Waals surface area contributed by atoms with E-state index in [1.807, 2.05) is 25.1 Å². The maximum atomic E-state index is 6.04. The van der Waals surface area contributed by atoms with E-state index in [9.17, 15) is 0 Å². The monoisotopic (exact) mass is 186 g/mol. The van der Waals surface area contributed by atoms with E-state index < -0.39 is 5.54 Å². The number of nitrogens with two attached hydrogens (primary N) is 1. The maximum Gasteiger partial charge on any atom is 0.0699 e. The predicted molar refractivity (Wildman–Crippen MR) is 58.2 cm³/mol. The SMILES string of the molecule is Cc1ccc2c(c1)=CC(C)(N)C=CN=2. The lowest BCUT2D eigenvalue weighted by molar-refractivity contribution is 0.777. The van der Waals surface area contributed by atoms with Gasteiger partial charge in [0.1, 0.15) is 0 Å². The Labute approximate surface area is 83.5 Å². The number of benzene rings is 1. The molecule has 1 aromatic carbocycles. The number of nitrogens with zero attached hydrogens (tertiary/aromatic N) is 1. The van der Waals surface area contributed by atoms with E-state index in [1.165, 1.54) is 5.56 Å². The quantitative estimate of drug-likeness (QED) is 0.634. The number of hydrogen-bond acceptors (Lipinski definition) is 2. The van der Waals surface area contributed by atoms with Crippen LogP contribution in [-0.2, 0) is 0 Å². The van der Waals surface area contributed by atoms with Gasteiger partial charge in [-0.3, -0.25) is 4.99 Å². The van der Waals surface area contributed by atoms with Crippen LogP contribution in [0.3, 0.4) is 0 Å². The molecule has 72 valence electrons. The van der Waals surface area contributed by atoms with Crippen LogP contribution in [0.5, 0.6) is 0 Å². The minimum Gasteiger partial charge on any atom is -0.319 e. The highest BCUT2D eigenvalue weighted by Gasteiger charge is 2.10. The fourth-order valence-electron chi connectivity index (χ4n) is 1.57. The fourth-order valence-corrected chi connectivity index (χ4v) is 1.57. The molecule has 0 aliphatic carbocycles. The molecule has 0 saturated heterocycles. The van der Waals surface area contributed by atoms with Crippen molar-refractivity contribution in [2.24, 2.45) is 10.7 Å². The molecule has 14 heavy (non-hydrogen) atoms. The van der Waals surface area contributed by atoms with E-state index in [1.54, 1.807) is 6.20 Å². The second kappa shape index (κ2) is 3.07. The molecule has 1 aliphatic rings. The molecule has 1 aromatic rings. The summed E-state index contributed by atoms with van der Waals surface area (Å²) in [6, 6.07) is 6.19. The van der Waals surface area contributed by atoms with Crippen LogP contribution < -0.4 is 16.3 Å². The summed E-state index contributed by atoms with van der Waals surface area (Å²) >= 11 is 0. The van der Waals surface area contributed by atoms with Gasteiger partial charge in [0.25, 0.3) is 0 Å². The Balaban J connectivity index is 2.78. The second-order valence-corrected chi connectivity index (χ2v) is 4.02. The van der Waals surface area contributed by atoms with Crippen LogP contribution in [-0.4, -0.2) is 5.54 Å². The third kappa shape index (κ3) is 1.75. The largest absolute Gasteiger partial charge is 0.319 e. The van der Waals surface area contributed by atoms with Gasteiger partial charge in [-0.25, -0.2) is 0 Å². The van der Waals surface area contributed by atoms with Gasteiger partial charge in [0.05, 0.1) is 10.9 Å². The molecule has 1 heterocycles. The smallest absolute Gasteiger partial charge is 0.0699 e. The average Bonchev–Trinajstić information content (AvgIpc) is 2.21. The van der Waals surface area contributed by atoms with Crippen LogP contribution in [0.25, 0.3) is 6.08 Å². The van der Waals surface area contributed by atoms with E-state index in [0.29, 0.717) is 0 Å². The van der Waals surface area contributed by atoms with Gasteiger partial charge in [-0.2, -0.15) is 0 Å². The van der Waals surface area contributed by atoms with Crippen molar-refractivity contribution in [1.29, 1.82) is 0 Å². The lowest BCUT2D eigenvalue weighted by Gasteiger charge is -2.12. The molecular weight excluding hydrogens is 172 g/mol. The van der Waals surface area contributed by atoms with Crippen LogP contribution in [0.1, 0.15) is 12.5 Å². The van der Waals surface area contributed by atoms with Gasteiger partial charge < -0.3 is 5.73 Å². The first kappa shape index (κ1) is 9.16. The van der Waals surface area contributed by atoms with E-state index in [-0.39, 0.29) is 0 Å². The van der Waals surface area contributed by atoms with Crippen LogP contribution in [0.2, 0.25) is 0 Å². The van der Waals surface area contributed by atoms with Crippen molar-refractivity contribution in [3.63, 3.8) is 0 Å². The van der Waals surface area contributed by atoms with Gasteiger partial charge in [0.15, 0.2) is 0 Å². The number of hydrogen-bond donors (Lipinski definition) is 1. The highest BCUT2D eigenvalue weighted by Crippen LogP contribution is 2.04. The highest BCUT2D eigenvalue weighted by molar-refractivity contribution is 5.42. The maximum absolute atomic E-state index is 6.04. The molecule has 1 atom stereocenters. The Morgan fingerprint density at radius 3 is 2.93 bits per heavy atom. The molecule has 0 bridgehead atoms. The van der Waals surface area contributed by atoms with Crippen LogP contribution >= 0.6 is 0 Å². The third-order valence-corrected chi connectivity index (χ3v) is 2.30. The molecular formula is C12H14N2. The predicted octanol–water partition coefficient (Wildman–Crippen LogP) is 0.640. The van der Waals surface area contributed by atoms with Gasteiger partial charge in [-0.1, -0.05) is 23.8 Å². The summed E-state index contributed by atoms with van der Waals surface area (Å²) in [5.41, 5.74) is 6.87. The molecule has 0 amide bonds. The summed E-state index contributed by atoms with van der Waals surface area (Å²) < 4.78 is 0. The molecule has 1 unspecified atom stereocenters. The highest BCUT2D eigenvalue weighted by atomic mass is 14.7. The van der Waals surface area contributed by atoms with Crippen molar-refractivity contribution in [3.05, 3.63) is 46.6 Å². The van der Waals surface area contributed by atoms with Gasteiger partial charge in [-0.15, -0.1) is 0 Å². The second-order valence-electron chi connectivity index (χ2n) is 4.02. The number of aryl methyl sites for hydroxylation is 1. The minimum absolute atomic E-state index is 0.400. The van der Waals surface area contributed by atoms with Crippen molar-refractivity contribution >= 4 is 6.08 Å². The Hall–Kier alpha value is -1.41. The standard InChI is InChI=1S/C12H14N2/c1-9-3-4-11-10(7-9)8-12(2,13)5-6-14-11/h3-8H,13H2,1-2H3. The van der Waals surface area contributed by atoms with Crippen molar-refractivity contribution in [2.45, 2.75) is 19.4 Å². The Morgan fingerprint density at radius 1 is 1.36 bits per heavy atom. The summed E-state index contributed by atoms with van der Waals surface area (Å²) in [6.45, 7) is 4.04. The summed E-state index contributed by atoms with van der Waals surface area (Å²) in [7, 11) is 0. The summed E-state index contributed by atoms with van der Waals surface area (Å²) in [6.07, 6.45) is 5.72. The summed E-state index contributed by atoms with van der Waals surface area (Å²) in [4.78, 5) is 4.33. The lowest BCUT2D eigenvalue weighted by Crippen LogP contribution is -2.35. The number of rotatable bonds is 0. The first-order chi connectivity index (χ1) is 6.57. The lowest BCUT2D eigenvalue weighted by atomic mass is 10.0. The van der Waals surface area contributed by atoms with Crippen LogP contribution in [0.4, 0.5) is 0 Å². The van der Waals surface area contributed by atoms with E-state index in [2.05, 4.69) is 24.0 Å². The van der Waals surface area contributed by atoms with E-state index in [0.717, 1.165) is 10.6 Å². The van der Waals surface area contributed by atoms with E-state index >= 15 is 0 Å². The molecule has 0 aromatic heterocycles. The summed E-state index contributed by atoms with van der Waals surface area (Å²) in [5.74, 6) is 0. The van der Waals surface area contributed by atoms with Gasteiger partial charge in [0.2, 0.25) is 0 Å². The van der Waals surface area contributed by atoms with Crippen molar-refractivity contribution in [2.75, 3.05) is 0 Å². The van der Waals surface area contributed by atoms with Gasteiger partial charge in [0, 0.05) is 6.20 Å². The average molecular weight is 186 g/mol. The van der Waals surface area contributed by atoms with Crippen LogP contribution in [0, 0.1) is 6.92 Å². The molecule has 2 N–H and O–H groups in total. The minimum atomic E-state index is -0.400. The zero-order valence-corrected chi connectivity index (χ0v) is 8.49. The van der Waals surface area contributed by atoms with Crippen LogP contribution in [0.15, 0.2) is 35.5 Å². The Kier molecular flexibility index (Phi) is 2.01. The first-order valence-corrected chi connectivity index (χ1v) is 4.71. The molecule has 0 fully saturated rings. The molecule has 0 saturated carbocycles. The third-order valence-electron chi connectivity index (χ3n) is 2.30. The Bertz CT molecular complexity index is 496. The van der Waals surface area contributed by atoms with Gasteiger partial charge >= 0.3 is 0 Å². The Morgan fingerprint density at radius 2 is 2.14 bits per heavy atom. The van der Waals surface area contributed by atoms with Gasteiger partial charge in [-0.05, 0) is 31.2 Å². The fraction of sp³-hybridized carbons (Fsp3) is 0.250. The molecule has 0 spiro atoms. The molecule has 2 heteroatoms. The van der Waals surface area contributed by atoms with E-state index in [4.69, 9.17) is 5.73 Å². The molecule has 1 aliphatic heterocycles. The summed E-state index contributed by atoms with van der Waals surface area (Å²) in [5, 5.41) is 2.10. The topological polar surface area (TPSA) is 38.4 Å². The van der Waals surface area contributed by atoms with Crippen molar-refractivity contribution in [1.82, 2.24) is 0 Å². The molecule has 2 nitrogen and oxygen atoms in total. The zero-order valence-electron chi connectivity index (χ0n) is 8.49. The zero-order chi connectivity index (χ0) is 10.2. The molecule has 2 rings (SSSR count). The number of fused-ring (bicyclic) bond motifs is 1. The van der Waals surface area contributed by atoms with Crippen molar-refractivity contribution in [3.8, 4) is 0 Å².